The fraction of sp³-hybridized carbons (Fsp3) is 0.400. The number of para-hydroxylation sites is 1. The van der Waals surface area contributed by atoms with Crippen LogP contribution in [-0.4, -0.2) is 13.1 Å². The zero-order valence-corrected chi connectivity index (χ0v) is 7.29. The quantitative estimate of drug-likeness (QED) is 0.652. The van der Waals surface area contributed by atoms with Crippen molar-refractivity contribution in [3.05, 3.63) is 30.3 Å². The fourth-order valence-corrected chi connectivity index (χ4v) is 1.06. The molecule has 1 rings (SSSR count). The maximum absolute atomic E-state index is 5.38. The van der Waals surface area contributed by atoms with Crippen molar-refractivity contribution in [2.24, 2.45) is 5.73 Å². The van der Waals surface area contributed by atoms with E-state index in [9.17, 15) is 0 Å². The first-order valence-electron chi connectivity index (χ1n) is 4.42. The SMILES string of the molecule is NCCCCNc1ccccc1. The lowest BCUT2D eigenvalue weighted by Crippen LogP contribution is -2.05. The number of nitrogens with one attached hydrogen (secondary N) is 1. The topological polar surface area (TPSA) is 38.0 Å². The average molecular weight is 164 g/mol. The van der Waals surface area contributed by atoms with Crippen molar-refractivity contribution in [1.29, 1.82) is 0 Å². The molecule has 0 aliphatic heterocycles. The van der Waals surface area contributed by atoms with Gasteiger partial charge in [-0.2, -0.15) is 0 Å². The number of rotatable bonds is 5. The normalized spacial score (nSPS) is 9.75. The molecule has 0 radical (unpaired) electrons. The van der Waals surface area contributed by atoms with E-state index in [0.717, 1.165) is 25.9 Å². The van der Waals surface area contributed by atoms with Gasteiger partial charge < -0.3 is 11.1 Å². The minimum atomic E-state index is 0.788. The molecule has 0 aromatic heterocycles. The van der Waals surface area contributed by atoms with Crippen LogP contribution in [0.3, 0.4) is 0 Å². The van der Waals surface area contributed by atoms with E-state index in [-0.39, 0.29) is 0 Å². The number of anilines is 1. The molecule has 0 saturated carbocycles. The van der Waals surface area contributed by atoms with E-state index >= 15 is 0 Å². The van der Waals surface area contributed by atoms with Crippen LogP contribution in [0.15, 0.2) is 30.3 Å². The summed E-state index contributed by atoms with van der Waals surface area (Å²) in [7, 11) is 0. The van der Waals surface area contributed by atoms with Gasteiger partial charge in [0.2, 0.25) is 0 Å². The predicted octanol–water partition coefficient (Wildman–Crippen LogP) is 1.84. The number of unbranched alkanes of at least 4 members (excludes halogenated alkanes) is 1. The smallest absolute Gasteiger partial charge is 0.0340 e. The minimum Gasteiger partial charge on any atom is -0.385 e. The molecule has 0 saturated heterocycles. The lowest BCUT2D eigenvalue weighted by molar-refractivity contribution is 0.774. The highest BCUT2D eigenvalue weighted by atomic mass is 14.9. The van der Waals surface area contributed by atoms with Crippen molar-refractivity contribution < 1.29 is 0 Å². The number of hydrogen-bond acceptors (Lipinski definition) is 2. The highest BCUT2D eigenvalue weighted by Gasteiger charge is 1.87. The summed E-state index contributed by atoms with van der Waals surface area (Å²) in [5.41, 5.74) is 6.57. The first-order chi connectivity index (χ1) is 5.93. The van der Waals surface area contributed by atoms with Crippen LogP contribution in [-0.2, 0) is 0 Å². The van der Waals surface area contributed by atoms with Gasteiger partial charge in [-0.3, -0.25) is 0 Å². The molecule has 0 atom stereocenters. The molecular formula is C10H16N2. The van der Waals surface area contributed by atoms with Crippen LogP contribution in [0.5, 0.6) is 0 Å². The summed E-state index contributed by atoms with van der Waals surface area (Å²) in [6.45, 7) is 1.80. The number of benzene rings is 1. The summed E-state index contributed by atoms with van der Waals surface area (Å²) in [6.07, 6.45) is 2.24. The van der Waals surface area contributed by atoms with Crippen molar-refractivity contribution in [3.63, 3.8) is 0 Å². The Morgan fingerprint density at radius 1 is 1.08 bits per heavy atom. The van der Waals surface area contributed by atoms with Gasteiger partial charge in [0.25, 0.3) is 0 Å². The Labute approximate surface area is 73.8 Å². The number of hydrogen-bond donors (Lipinski definition) is 2. The molecule has 66 valence electrons. The van der Waals surface area contributed by atoms with Gasteiger partial charge in [0.15, 0.2) is 0 Å². The highest BCUT2D eigenvalue weighted by Crippen LogP contribution is 2.04. The summed E-state index contributed by atoms with van der Waals surface area (Å²) in [5, 5.41) is 3.32. The molecule has 0 aliphatic carbocycles. The maximum Gasteiger partial charge on any atom is 0.0340 e. The molecule has 12 heavy (non-hydrogen) atoms. The van der Waals surface area contributed by atoms with Gasteiger partial charge in [-0.15, -0.1) is 0 Å². The van der Waals surface area contributed by atoms with E-state index in [1.54, 1.807) is 0 Å². The van der Waals surface area contributed by atoms with Gasteiger partial charge in [0.1, 0.15) is 0 Å². The summed E-state index contributed by atoms with van der Waals surface area (Å²) < 4.78 is 0. The maximum atomic E-state index is 5.38. The molecule has 0 unspecified atom stereocenters. The molecule has 0 bridgehead atoms. The van der Waals surface area contributed by atoms with Gasteiger partial charge in [0, 0.05) is 12.2 Å². The van der Waals surface area contributed by atoms with Gasteiger partial charge in [0.05, 0.1) is 0 Å². The lowest BCUT2D eigenvalue weighted by Gasteiger charge is -2.04. The van der Waals surface area contributed by atoms with Gasteiger partial charge >= 0.3 is 0 Å². The van der Waals surface area contributed by atoms with Crippen LogP contribution in [0.1, 0.15) is 12.8 Å². The van der Waals surface area contributed by atoms with Crippen molar-refractivity contribution in [1.82, 2.24) is 0 Å². The molecule has 3 N–H and O–H groups in total. The van der Waals surface area contributed by atoms with Crippen LogP contribution in [0.25, 0.3) is 0 Å². The third-order valence-corrected chi connectivity index (χ3v) is 1.73. The molecule has 2 nitrogen and oxygen atoms in total. The summed E-state index contributed by atoms with van der Waals surface area (Å²) >= 11 is 0. The van der Waals surface area contributed by atoms with E-state index in [4.69, 9.17) is 5.73 Å². The second-order valence-corrected chi connectivity index (χ2v) is 2.79. The second-order valence-electron chi connectivity index (χ2n) is 2.79. The molecule has 0 fully saturated rings. The highest BCUT2D eigenvalue weighted by molar-refractivity contribution is 5.42. The van der Waals surface area contributed by atoms with Gasteiger partial charge in [-0.1, -0.05) is 18.2 Å². The van der Waals surface area contributed by atoms with Crippen molar-refractivity contribution in [2.75, 3.05) is 18.4 Å². The zero-order chi connectivity index (χ0) is 8.65. The van der Waals surface area contributed by atoms with Crippen LogP contribution >= 0.6 is 0 Å². The fourth-order valence-electron chi connectivity index (χ4n) is 1.06. The van der Waals surface area contributed by atoms with Crippen LogP contribution < -0.4 is 11.1 Å². The number of nitrogens with two attached hydrogens (primary N) is 1. The van der Waals surface area contributed by atoms with Crippen molar-refractivity contribution in [3.8, 4) is 0 Å². The Bertz CT molecular complexity index is 196. The molecule has 0 heterocycles. The van der Waals surface area contributed by atoms with Crippen LogP contribution in [0.4, 0.5) is 5.69 Å². The Balaban J connectivity index is 2.16. The van der Waals surface area contributed by atoms with E-state index in [2.05, 4.69) is 17.4 Å². The summed E-state index contributed by atoms with van der Waals surface area (Å²) in [6, 6.07) is 10.2. The Morgan fingerprint density at radius 2 is 1.83 bits per heavy atom. The summed E-state index contributed by atoms with van der Waals surface area (Å²) in [4.78, 5) is 0. The van der Waals surface area contributed by atoms with E-state index in [1.165, 1.54) is 5.69 Å². The second kappa shape index (κ2) is 5.61. The van der Waals surface area contributed by atoms with Gasteiger partial charge in [-0.05, 0) is 31.5 Å². The molecule has 0 amide bonds. The molecular weight excluding hydrogens is 148 g/mol. The Kier molecular flexibility index (Phi) is 4.24. The van der Waals surface area contributed by atoms with E-state index < -0.39 is 0 Å². The van der Waals surface area contributed by atoms with E-state index in [0.29, 0.717) is 0 Å². The van der Waals surface area contributed by atoms with Gasteiger partial charge in [-0.25, -0.2) is 0 Å². The van der Waals surface area contributed by atoms with Crippen molar-refractivity contribution in [2.45, 2.75) is 12.8 Å². The Hall–Kier alpha value is -1.02. The van der Waals surface area contributed by atoms with Crippen LogP contribution in [0.2, 0.25) is 0 Å². The minimum absolute atomic E-state index is 0.788. The molecule has 1 aromatic rings. The molecule has 1 aromatic carbocycles. The van der Waals surface area contributed by atoms with E-state index in [1.807, 2.05) is 18.2 Å². The largest absolute Gasteiger partial charge is 0.385 e. The molecule has 2 heteroatoms. The molecule has 0 aliphatic rings. The zero-order valence-electron chi connectivity index (χ0n) is 7.29. The monoisotopic (exact) mass is 164 g/mol. The summed E-state index contributed by atoms with van der Waals surface area (Å²) in [5.74, 6) is 0. The standard InChI is InChI=1S/C10H16N2/c11-8-4-5-9-12-10-6-2-1-3-7-10/h1-3,6-7,12H,4-5,8-9,11H2. The third kappa shape index (κ3) is 3.39. The first-order valence-corrected chi connectivity index (χ1v) is 4.42. The lowest BCUT2D eigenvalue weighted by atomic mass is 10.3. The first kappa shape index (κ1) is 9.07. The Morgan fingerprint density at radius 3 is 2.50 bits per heavy atom. The van der Waals surface area contributed by atoms with Crippen LogP contribution in [0, 0.1) is 0 Å². The third-order valence-electron chi connectivity index (χ3n) is 1.73. The average Bonchev–Trinajstić information content (AvgIpc) is 2.14. The van der Waals surface area contributed by atoms with Crippen molar-refractivity contribution >= 4 is 5.69 Å². The predicted molar refractivity (Wildman–Crippen MR) is 53.2 cm³/mol. The molecule has 0 spiro atoms.